The van der Waals surface area contributed by atoms with Crippen molar-refractivity contribution < 1.29 is 14.3 Å². The molecule has 0 unspecified atom stereocenters. The van der Waals surface area contributed by atoms with Crippen LogP contribution in [0.1, 0.15) is 0 Å². The van der Waals surface area contributed by atoms with E-state index >= 15 is 0 Å². The van der Waals surface area contributed by atoms with E-state index in [4.69, 9.17) is 21.7 Å². The highest BCUT2D eigenvalue weighted by molar-refractivity contribution is 7.80. The molecule has 1 fully saturated rings. The molecule has 1 atom stereocenters. The van der Waals surface area contributed by atoms with Crippen LogP contribution in [0.4, 0.5) is 9.80 Å². The van der Waals surface area contributed by atoms with E-state index in [0.717, 1.165) is 26.2 Å². The van der Waals surface area contributed by atoms with Crippen LogP contribution in [0.25, 0.3) is 21.2 Å². The molecule has 1 amide bonds. The number of benzene rings is 1. The number of fused-ring (bicyclic) bond motifs is 1. The van der Waals surface area contributed by atoms with Gasteiger partial charge in [-0.15, -0.1) is 11.3 Å². The van der Waals surface area contributed by atoms with Gasteiger partial charge in [-0.1, -0.05) is 12.1 Å². The van der Waals surface area contributed by atoms with Gasteiger partial charge in [0, 0.05) is 24.1 Å². The number of cyclic esters (lactones) is 1. The van der Waals surface area contributed by atoms with Crippen LogP contribution in [0.3, 0.4) is 0 Å². The first-order valence-electron chi connectivity index (χ1n) is 8.40. The Morgan fingerprint density at radius 3 is 2.93 bits per heavy atom. The van der Waals surface area contributed by atoms with E-state index in [1.807, 2.05) is 18.2 Å². The number of aromatic nitrogens is 1. The standard InChI is InChI=1S/C19H17N3O3S2/c1-20-18(26)24-11-15-10-22(19(23)25-15)17-9-14-3-2-13(8-16(14)27-17)12-4-6-21-7-5-12/h2-9,15H,10-11H2,1H3,(H,20,26)/t15-/m1/s1. The van der Waals surface area contributed by atoms with E-state index in [-0.39, 0.29) is 24.0 Å². The Kier molecular flexibility index (Phi) is 4.91. The van der Waals surface area contributed by atoms with Gasteiger partial charge < -0.3 is 14.8 Å². The lowest BCUT2D eigenvalue weighted by atomic mass is 10.1. The summed E-state index contributed by atoms with van der Waals surface area (Å²) >= 11 is 6.52. The topological polar surface area (TPSA) is 63.7 Å². The van der Waals surface area contributed by atoms with Gasteiger partial charge in [0.2, 0.25) is 0 Å². The molecule has 0 spiro atoms. The fourth-order valence-corrected chi connectivity index (χ4v) is 4.07. The summed E-state index contributed by atoms with van der Waals surface area (Å²) in [7, 11) is 1.69. The summed E-state index contributed by atoms with van der Waals surface area (Å²) in [6.45, 7) is 0.675. The number of carbonyl (C=O) groups is 1. The Labute approximate surface area is 165 Å². The van der Waals surface area contributed by atoms with Crippen LogP contribution in [0.2, 0.25) is 0 Å². The molecular formula is C19H17N3O3S2. The highest BCUT2D eigenvalue weighted by Crippen LogP contribution is 2.36. The minimum absolute atomic E-state index is 0.235. The smallest absolute Gasteiger partial charge is 0.415 e. The molecule has 4 rings (SSSR count). The Morgan fingerprint density at radius 1 is 1.33 bits per heavy atom. The van der Waals surface area contributed by atoms with Gasteiger partial charge in [-0.05, 0) is 53.0 Å². The summed E-state index contributed by atoms with van der Waals surface area (Å²) in [6.07, 6.45) is 2.85. The molecule has 3 heterocycles. The Balaban J connectivity index is 1.54. The Hall–Kier alpha value is -2.71. The predicted molar refractivity (Wildman–Crippen MR) is 110 cm³/mol. The van der Waals surface area contributed by atoms with Gasteiger partial charge in [-0.3, -0.25) is 9.88 Å². The fraction of sp³-hybridized carbons (Fsp3) is 0.211. The first-order chi connectivity index (χ1) is 13.1. The summed E-state index contributed by atoms with van der Waals surface area (Å²) in [5.41, 5.74) is 2.23. The van der Waals surface area contributed by atoms with E-state index in [9.17, 15) is 4.79 Å². The number of ether oxygens (including phenoxy) is 2. The summed E-state index contributed by atoms with van der Waals surface area (Å²) in [5, 5.41) is 4.98. The monoisotopic (exact) mass is 399 g/mol. The van der Waals surface area contributed by atoms with Crippen LogP contribution in [0.5, 0.6) is 0 Å². The predicted octanol–water partition coefficient (Wildman–Crippen LogP) is 3.81. The maximum atomic E-state index is 12.3. The van der Waals surface area contributed by atoms with Gasteiger partial charge in [0.1, 0.15) is 11.6 Å². The van der Waals surface area contributed by atoms with E-state index in [1.165, 1.54) is 0 Å². The summed E-state index contributed by atoms with van der Waals surface area (Å²) in [5.74, 6) is 0. The summed E-state index contributed by atoms with van der Waals surface area (Å²) in [6, 6.07) is 12.2. The lowest BCUT2D eigenvalue weighted by Crippen LogP contribution is -2.28. The number of pyridine rings is 1. The lowest BCUT2D eigenvalue weighted by molar-refractivity contribution is 0.101. The van der Waals surface area contributed by atoms with Crippen molar-refractivity contribution in [2.24, 2.45) is 0 Å². The Morgan fingerprint density at radius 2 is 2.15 bits per heavy atom. The van der Waals surface area contributed by atoms with Crippen molar-refractivity contribution in [3.8, 4) is 11.1 Å². The molecule has 0 saturated carbocycles. The summed E-state index contributed by atoms with van der Waals surface area (Å²) < 4.78 is 11.8. The number of thiophene rings is 1. The van der Waals surface area contributed by atoms with Crippen LogP contribution in [-0.2, 0) is 9.47 Å². The number of rotatable bonds is 4. The van der Waals surface area contributed by atoms with E-state index in [0.29, 0.717) is 6.54 Å². The van der Waals surface area contributed by atoms with Crippen molar-refractivity contribution in [1.82, 2.24) is 10.3 Å². The second-order valence-electron chi connectivity index (χ2n) is 6.04. The highest BCUT2D eigenvalue weighted by Gasteiger charge is 2.34. The van der Waals surface area contributed by atoms with Crippen molar-refractivity contribution in [3.63, 3.8) is 0 Å². The van der Waals surface area contributed by atoms with Crippen molar-refractivity contribution >= 4 is 49.9 Å². The molecule has 1 aliphatic heterocycles. The molecule has 3 aromatic rings. The zero-order valence-corrected chi connectivity index (χ0v) is 16.2. The van der Waals surface area contributed by atoms with E-state index < -0.39 is 0 Å². The van der Waals surface area contributed by atoms with Crippen molar-refractivity contribution in [1.29, 1.82) is 0 Å². The maximum absolute atomic E-state index is 12.3. The largest absolute Gasteiger partial charge is 0.467 e. The van der Waals surface area contributed by atoms with Crippen LogP contribution in [-0.4, -0.2) is 42.6 Å². The summed E-state index contributed by atoms with van der Waals surface area (Å²) in [4.78, 5) is 18.0. The van der Waals surface area contributed by atoms with Gasteiger partial charge in [0.15, 0.2) is 6.10 Å². The maximum Gasteiger partial charge on any atom is 0.415 e. The number of amides is 1. The average molecular weight is 399 g/mol. The molecule has 138 valence electrons. The molecule has 6 nitrogen and oxygen atoms in total. The van der Waals surface area contributed by atoms with E-state index in [2.05, 4.69) is 28.5 Å². The molecule has 0 aliphatic carbocycles. The number of hydrogen-bond acceptors (Lipinski definition) is 6. The van der Waals surface area contributed by atoms with Crippen molar-refractivity contribution in [2.45, 2.75) is 6.10 Å². The van der Waals surface area contributed by atoms with Gasteiger partial charge in [0.25, 0.3) is 5.17 Å². The highest BCUT2D eigenvalue weighted by atomic mass is 32.1. The minimum Gasteiger partial charge on any atom is -0.467 e. The lowest BCUT2D eigenvalue weighted by Gasteiger charge is -2.11. The second kappa shape index (κ2) is 7.50. The number of thiocarbonyl (C=S) groups is 1. The number of nitrogens with one attached hydrogen (secondary N) is 1. The average Bonchev–Trinajstić information content (AvgIpc) is 3.29. The third-order valence-corrected chi connectivity index (χ3v) is 5.71. The van der Waals surface area contributed by atoms with Gasteiger partial charge in [-0.2, -0.15) is 0 Å². The van der Waals surface area contributed by atoms with Crippen molar-refractivity contribution in [2.75, 3.05) is 25.1 Å². The van der Waals surface area contributed by atoms with Gasteiger partial charge in [0.05, 0.1) is 6.54 Å². The number of carbonyl (C=O) groups excluding carboxylic acids is 1. The first-order valence-corrected chi connectivity index (χ1v) is 9.63. The molecule has 27 heavy (non-hydrogen) atoms. The molecule has 2 aromatic heterocycles. The van der Waals surface area contributed by atoms with E-state index in [1.54, 1.807) is 35.7 Å². The van der Waals surface area contributed by atoms with Crippen LogP contribution in [0, 0.1) is 0 Å². The fourth-order valence-electron chi connectivity index (χ4n) is 2.90. The second-order valence-corrected chi connectivity index (χ2v) is 7.47. The SMILES string of the molecule is CNC(=S)OC[C@H]1CN(c2cc3ccc(-c4ccncc4)cc3s2)C(=O)O1. The van der Waals surface area contributed by atoms with Crippen LogP contribution < -0.4 is 10.2 Å². The van der Waals surface area contributed by atoms with Crippen LogP contribution in [0.15, 0.2) is 48.8 Å². The zero-order valence-electron chi connectivity index (χ0n) is 14.5. The number of nitrogens with zero attached hydrogens (tertiary/aromatic N) is 2. The molecule has 1 saturated heterocycles. The molecule has 0 bridgehead atoms. The minimum atomic E-state index is -0.361. The molecule has 1 aromatic carbocycles. The number of hydrogen-bond donors (Lipinski definition) is 1. The molecule has 8 heteroatoms. The van der Waals surface area contributed by atoms with Crippen molar-refractivity contribution in [3.05, 3.63) is 48.8 Å². The zero-order chi connectivity index (χ0) is 18.8. The van der Waals surface area contributed by atoms with Gasteiger partial charge in [-0.25, -0.2) is 4.79 Å². The molecule has 0 radical (unpaired) electrons. The van der Waals surface area contributed by atoms with Crippen LogP contribution >= 0.6 is 23.6 Å². The third-order valence-electron chi connectivity index (χ3n) is 4.27. The molecular weight excluding hydrogens is 382 g/mol. The normalized spacial score (nSPS) is 16.4. The third kappa shape index (κ3) is 3.72. The first kappa shape index (κ1) is 17.7. The van der Waals surface area contributed by atoms with Gasteiger partial charge >= 0.3 is 6.09 Å². The molecule has 1 aliphatic rings. The molecule has 1 N–H and O–H groups in total. The Bertz CT molecular complexity index is 990. The number of anilines is 1. The quantitative estimate of drug-likeness (QED) is 0.673.